The molecule has 2 N–H and O–H groups in total. The Morgan fingerprint density at radius 3 is 2.73 bits per heavy atom. The van der Waals surface area contributed by atoms with Gasteiger partial charge in [0, 0.05) is 42.4 Å². The van der Waals surface area contributed by atoms with Gasteiger partial charge in [0.1, 0.15) is 11.9 Å². The quantitative estimate of drug-likeness (QED) is 0.360. The van der Waals surface area contributed by atoms with E-state index in [0.717, 1.165) is 0 Å². The summed E-state index contributed by atoms with van der Waals surface area (Å²) in [5.74, 6) is -4.80. The van der Waals surface area contributed by atoms with E-state index in [2.05, 4.69) is 10.3 Å². The lowest BCUT2D eigenvalue weighted by Crippen LogP contribution is -2.50. The number of carboxylic acids is 1. The third-order valence-electron chi connectivity index (χ3n) is 8.89. The van der Waals surface area contributed by atoms with E-state index in [9.17, 15) is 19.1 Å². The fourth-order valence-electron chi connectivity index (χ4n) is 6.77. The number of aliphatic imine (C=N–C) groups is 1. The summed E-state index contributed by atoms with van der Waals surface area (Å²) >= 11 is 1.32. The van der Waals surface area contributed by atoms with Crippen LogP contribution in [0.15, 0.2) is 46.0 Å². The molecule has 0 amide bonds. The molecule has 0 bridgehead atoms. The number of benzene rings is 1. The molecule has 13 heteroatoms. The van der Waals surface area contributed by atoms with Crippen molar-refractivity contribution in [3.05, 3.63) is 63.0 Å². The number of halogens is 3. The highest BCUT2D eigenvalue weighted by Gasteiger charge is 2.60. The van der Waals surface area contributed by atoms with Crippen LogP contribution >= 0.6 is 11.3 Å². The Morgan fingerprint density at radius 1 is 1.32 bits per heavy atom. The maximum atomic E-state index is 15.8. The van der Waals surface area contributed by atoms with Gasteiger partial charge in [-0.2, -0.15) is 0 Å². The topological polar surface area (TPSA) is 107 Å². The fraction of sp³-hybridized carbons (Fsp3) is 0.548. The molecule has 2 aromatic rings. The van der Waals surface area contributed by atoms with Crippen molar-refractivity contribution in [2.24, 2.45) is 10.4 Å². The van der Waals surface area contributed by atoms with Gasteiger partial charge in [-0.25, -0.2) is 22.9 Å². The second kappa shape index (κ2) is 12.2. The molecular formula is C31H38F3N5O4S. The van der Waals surface area contributed by atoms with Crippen molar-refractivity contribution in [1.82, 2.24) is 20.1 Å². The minimum Gasteiger partial charge on any atom is -0.481 e. The number of esters is 1. The minimum atomic E-state index is -3.08. The number of nitrogens with zero attached hydrogens (tertiary/aromatic N) is 4. The number of aliphatic carboxylic acids is 1. The number of hydrogen-bond acceptors (Lipinski definition) is 9. The molecule has 238 valence electrons. The van der Waals surface area contributed by atoms with E-state index in [-0.39, 0.29) is 31.2 Å². The highest BCUT2D eigenvalue weighted by molar-refractivity contribution is 7.11. The van der Waals surface area contributed by atoms with Gasteiger partial charge in [-0.3, -0.25) is 19.6 Å². The lowest BCUT2D eigenvalue weighted by molar-refractivity contribution is -0.148. The molecule has 3 aliphatic rings. The third-order valence-corrected chi connectivity index (χ3v) is 9.67. The number of alkyl halides is 2. The second-order valence-corrected chi connectivity index (χ2v) is 13.3. The number of likely N-dealkylation sites (tertiary alicyclic amines) is 2. The first-order valence-electron chi connectivity index (χ1n) is 14.8. The number of rotatable bonds is 10. The molecule has 1 aromatic heterocycles. The van der Waals surface area contributed by atoms with Gasteiger partial charge in [0.15, 0.2) is 10.8 Å². The molecule has 2 saturated heterocycles. The van der Waals surface area contributed by atoms with Crippen LogP contribution in [0.2, 0.25) is 0 Å². The Balaban J connectivity index is 1.52. The van der Waals surface area contributed by atoms with Crippen LogP contribution in [0.1, 0.15) is 62.7 Å². The van der Waals surface area contributed by atoms with Gasteiger partial charge in [0.2, 0.25) is 0 Å². The van der Waals surface area contributed by atoms with Gasteiger partial charge in [-0.15, -0.1) is 11.3 Å². The van der Waals surface area contributed by atoms with Gasteiger partial charge in [0.05, 0.1) is 30.2 Å². The Hall–Kier alpha value is -3.29. The van der Waals surface area contributed by atoms with Gasteiger partial charge in [-0.1, -0.05) is 12.1 Å². The summed E-state index contributed by atoms with van der Waals surface area (Å²) in [6, 6.07) is 1.61. The van der Waals surface area contributed by atoms with Crippen molar-refractivity contribution >= 4 is 29.1 Å². The number of carboxylic acid groups (broad SMARTS) is 1. The summed E-state index contributed by atoms with van der Waals surface area (Å²) in [7, 11) is 0. The molecule has 0 spiro atoms. The SMILES string of the molecule is CCOC(=O)C1=C(CN2CC(F)(F)[C@H]3[C@@H]2CCN3[C@H](C)CC(C)(C)C(=O)O)NC(c2nccs2)=N[C@H]1c1cccc(F)c1C. The first-order chi connectivity index (χ1) is 20.7. The van der Waals surface area contributed by atoms with Crippen molar-refractivity contribution in [1.29, 1.82) is 0 Å². The zero-order chi connectivity index (χ0) is 32.0. The van der Waals surface area contributed by atoms with Gasteiger partial charge in [-0.05, 0) is 64.7 Å². The number of ether oxygens (including phenoxy) is 1. The standard InChI is InChI=1S/C31H38F3N5O4S/c1-6-43-28(40)23-21(36-26(27-35-11-13-44-27)37-24(23)19-8-7-9-20(32)18(19)3)15-38-16-31(33,34)25-22(38)10-12-39(25)17(2)14-30(4,5)29(41)42/h7-9,11,13,17,22,24-25H,6,10,12,14-16H2,1-5H3,(H,36,37)(H,41,42)/t17-,22+,24+,25-/m1/s1. The number of thiazole rings is 1. The number of amidine groups is 1. The smallest absolute Gasteiger partial charge is 0.338 e. The highest BCUT2D eigenvalue weighted by atomic mass is 32.1. The molecule has 0 radical (unpaired) electrons. The lowest BCUT2D eigenvalue weighted by atomic mass is 9.85. The van der Waals surface area contributed by atoms with E-state index in [0.29, 0.717) is 40.6 Å². The average molecular weight is 634 g/mol. The largest absolute Gasteiger partial charge is 0.481 e. The number of carbonyl (C=O) groups is 2. The van der Waals surface area contributed by atoms with Crippen LogP contribution in [-0.4, -0.2) is 88.0 Å². The number of aromatic nitrogens is 1. The maximum Gasteiger partial charge on any atom is 0.338 e. The van der Waals surface area contributed by atoms with E-state index in [4.69, 9.17) is 9.73 Å². The Bertz CT molecular complexity index is 1480. The Morgan fingerprint density at radius 2 is 2.07 bits per heavy atom. The van der Waals surface area contributed by atoms with Crippen molar-refractivity contribution in [3.8, 4) is 0 Å². The first-order valence-corrected chi connectivity index (χ1v) is 15.6. The van der Waals surface area contributed by atoms with Crippen molar-refractivity contribution < 1.29 is 32.6 Å². The zero-order valence-corrected chi connectivity index (χ0v) is 26.3. The molecule has 0 aliphatic carbocycles. The van der Waals surface area contributed by atoms with E-state index >= 15 is 8.78 Å². The summed E-state index contributed by atoms with van der Waals surface area (Å²) in [5.41, 5.74) is 0.214. The normalized spacial score (nSPS) is 24.5. The molecule has 4 heterocycles. The third kappa shape index (κ3) is 6.01. The van der Waals surface area contributed by atoms with Crippen LogP contribution in [0.5, 0.6) is 0 Å². The van der Waals surface area contributed by atoms with Crippen LogP contribution in [0, 0.1) is 18.2 Å². The molecule has 0 unspecified atom stereocenters. The Labute approximate surface area is 258 Å². The average Bonchev–Trinajstić information content (AvgIpc) is 3.69. The van der Waals surface area contributed by atoms with Crippen molar-refractivity contribution in [3.63, 3.8) is 0 Å². The maximum absolute atomic E-state index is 15.8. The molecule has 0 saturated carbocycles. The number of carbonyl (C=O) groups excluding carboxylic acids is 1. The van der Waals surface area contributed by atoms with Crippen LogP contribution in [0.25, 0.3) is 0 Å². The molecule has 4 atom stereocenters. The minimum absolute atomic E-state index is 0.0248. The predicted molar refractivity (Wildman–Crippen MR) is 160 cm³/mol. The zero-order valence-electron chi connectivity index (χ0n) is 25.4. The molecule has 1 aromatic carbocycles. The summed E-state index contributed by atoms with van der Waals surface area (Å²) in [6.45, 7) is 8.21. The van der Waals surface area contributed by atoms with Gasteiger partial charge >= 0.3 is 11.9 Å². The Kier molecular flexibility index (Phi) is 8.94. The van der Waals surface area contributed by atoms with E-state index in [1.165, 1.54) is 17.4 Å². The number of fused-ring (bicyclic) bond motifs is 1. The predicted octanol–water partition coefficient (Wildman–Crippen LogP) is 4.78. The van der Waals surface area contributed by atoms with Gasteiger partial charge in [0.25, 0.3) is 5.92 Å². The summed E-state index contributed by atoms with van der Waals surface area (Å²) in [5, 5.41) is 15.1. The lowest BCUT2D eigenvalue weighted by Gasteiger charge is -2.36. The van der Waals surface area contributed by atoms with Crippen LogP contribution in [0.4, 0.5) is 13.2 Å². The van der Waals surface area contributed by atoms with Crippen molar-refractivity contribution in [2.75, 3.05) is 26.2 Å². The van der Waals surface area contributed by atoms with Crippen LogP contribution in [0.3, 0.4) is 0 Å². The van der Waals surface area contributed by atoms with E-state index in [1.807, 2.05) is 0 Å². The van der Waals surface area contributed by atoms with Crippen LogP contribution < -0.4 is 5.32 Å². The number of hydrogen-bond donors (Lipinski definition) is 2. The summed E-state index contributed by atoms with van der Waals surface area (Å²) < 4.78 is 51.8. The van der Waals surface area contributed by atoms with Crippen molar-refractivity contribution in [2.45, 2.75) is 77.6 Å². The summed E-state index contributed by atoms with van der Waals surface area (Å²) in [4.78, 5) is 37.8. The second-order valence-electron chi connectivity index (χ2n) is 12.4. The molecule has 9 nitrogen and oxygen atoms in total. The monoisotopic (exact) mass is 633 g/mol. The van der Waals surface area contributed by atoms with E-state index < -0.39 is 53.8 Å². The molecule has 44 heavy (non-hydrogen) atoms. The van der Waals surface area contributed by atoms with Crippen LogP contribution in [-0.2, 0) is 14.3 Å². The molecule has 2 fully saturated rings. The highest BCUT2D eigenvalue weighted by Crippen LogP contribution is 2.44. The number of nitrogens with one attached hydrogen (secondary N) is 1. The molecular weight excluding hydrogens is 595 g/mol. The first kappa shape index (κ1) is 32.1. The van der Waals surface area contributed by atoms with Gasteiger partial charge < -0.3 is 15.2 Å². The fourth-order valence-corrected chi connectivity index (χ4v) is 7.35. The van der Waals surface area contributed by atoms with E-state index in [1.54, 1.807) is 68.1 Å². The molecule has 3 aliphatic heterocycles. The summed E-state index contributed by atoms with van der Waals surface area (Å²) in [6.07, 6.45) is 2.30. The molecule has 5 rings (SSSR count).